The lowest BCUT2D eigenvalue weighted by Gasteiger charge is -2.36. The molecule has 27 heavy (non-hydrogen) atoms. The molecule has 0 radical (unpaired) electrons. The highest BCUT2D eigenvalue weighted by molar-refractivity contribution is 7.99. The van der Waals surface area contributed by atoms with Gasteiger partial charge in [-0.2, -0.15) is 0 Å². The Morgan fingerprint density at radius 3 is 2.89 bits per heavy atom. The molecule has 1 aromatic carbocycles. The fourth-order valence-electron chi connectivity index (χ4n) is 2.97. The number of benzene rings is 1. The Morgan fingerprint density at radius 2 is 2.15 bits per heavy atom. The van der Waals surface area contributed by atoms with E-state index in [9.17, 15) is 4.79 Å². The zero-order chi connectivity index (χ0) is 19.4. The summed E-state index contributed by atoms with van der Waals surface area (Å²) in [6, 6.07) is 5.77. The van der Waals surface area contributed by atoms with Crippen molar-refractivity contribution in [1.82, 2.24) is 14.9 Å². The largest absolute Gasteiger partial charge is 0.470 e. The number of rotatable bonds is 4. The van der Waals surface area contributed by atoms with Crippen molar-refractivity contribution in [3.05, 3.63) is 24.4 Å². The maximum absolute atomic E-state index is 12.5. The number of nitrogens with zero attached hydrogens (tertiary/aromatic N) is 3. The molecule has 0 N–H and O–H groups in total. The third-order valence-electron chi connectivity index (χ3n) is 4.15. The van der Waals surface area contributed by atoms with E-state index < -0.39 is 5.60 Å². The molecule has 146 valence electrons. The molecule has 1 saturated heterocycles. The lowest BCUT2D eigenvalue weighted by atomic mass is 10.1. The van der Waals surface area contributed by atoms with Crippen molar-refractivity contribution in [3.63, 3.8) is 0 Å². The lowest BCUT2D eigenvalue weighted by Crippen LogP contribution is -2.48. The third-order valence-corrected chi connectivity index (χ3v) is 4.90. The molecule has 0 saturated carbocycles. The van der Waals surface area contributed by atoms with Crippen LogP contribution in [0, 0.1) is 0 Å². The first kappa shape index (κ1) is 19.7. The summed E-state index contributed by atoms with van der Waals surface area (Å²) in [4.78, 5) is 23.2. The van der Waals surface area contributed by atoms with Crippen LogP contribution < -0.4 is 4.74 Å². The summed E-state index contributed by atoms with van der Waals surface area (Å²) in [5.74, 6) is 1.63. The maximum atomic E-state index is 12.5. The first-order valence-corrected chi connectivity index (χ1v) is 10.4. The fourth-order valence-corrected chi connectivity index (χ4v) is 3.52. The van der Waals surface area contributed by atoms with Crippen LogP contribution in [-0.2, 0) is 4.74 Å². The number of likely N-dealkylation sites (tertiary alicyclic amines) is 1. The molecule has 1 aromatic heterocycles. The number of carbonyl (C=O) groups excluding carboxylic acids is 1. The van der Waals surface area contributed by atoms with Crippen LogP contribution in [0.5, 0.6) is 5.75 Å². The smallest absolute Gasteiger partial charge is 0.413 e. The molecule has 1 amide bonds. The van der Waals surface area contributed by atoms with Gasteiger partial charge in [0, 0.05) is 30.6 Å². The average Bonchev–Trinajstić information content (AvgIpc) is 2.61. The number of fused-ring (bicyclic) bond motifs is 1. The molecule has 0 aliphatic carbocycles. The van der Waals surface area contributed by atoms with Crippen LogP contribution in [-0.4, -0.2) is 45.1 Å². The second kappa shape index (κ2) is 8.33. The monoisotopic (exact) mass is 389 g/mol. The molecule has 3 rings (SSSR count). The summed E-state index contributed by atoms with van der Waals surface area (Å²) in [6.07, 6.45) is 3.96. The number of ether oxygens (including phenoxy) is 2. The molecule has 1 aliphatic heterocycles. The van der Waals surface area contributed by atoms with Gasteiger partial charge >= 0.3 is 6.09 Å². The van der Waals surface area contributed by atoms with Crippen LogP contribution in [0.3, 0.4) is 0 Å². The van der Waals surface area contributed by atoms with Crippen molar-refractivity contribution in [2.45, 2.75) is 63.9 Å². The standard InChI is InChI=1S/C20H27N3O3S/c1-5-27-18-21-13-14-9-10-15(12-16(14)22-18)25-17-8-6-7-11-23(17)19(24)26-20(2,3)4/h9-10,12-13,17H,5-8,11H2,1-4H3. The predicted molar refractivity (Wildman–Crippen MR) is 107 cm³/mol. The molecule has 0 spiro atoms. The molecule has 2 heterocycles. The maximum Gasteiger partial charge on any atom is 0.413 e. The summed E-state index contributed by atoms with van der Waals surface area (Å²) in [6.45, 7) is 8.34. The molecule has 0 bridgehead atoms. The molecule has 7 heteroatoms. The molecule has 1 unspecified atom stereocenters. The van der Waals surface area contributed by atoms with Gasteiger partial charge in [0.05, 0.1) is 5.52 Å². The SMILES string of the molecule is CCSc1ncc2ccc(OC3CCCCN3C(=O)OC(C)(C)C)cc2n1. The van der Waals surface area contributed by atoms with E-state index in [1.54, 1.807) is 16.7 Å². The Balaban J connectivity index is 1.78. The van der Waals surface area contributed by atoms with Gasteiger partial charge in [-0.1, -0.05) is 18.7 Å². The van der Waals surface area contributed by atoms with Gasteiger partial charge < -0.3 is 9.47 Å². The highest BCUT2D eigenvalue weighted by Gasteiger charge is 2.31. The highest BCUT2D eigenvalue weighted by Crippen LogP contribution is 2.26. The minimum Gasteiger partial charge on any atom is -0.470 e. The van der Waals surface area contributed by atoms with E-state index >= 15 is 0 Å². The minimum absolute atomic E-state index is 0.322. The molecular formula is C20H27N3O3S. The third kappa shape index (κ3) is 5.25. The number of hydrogen-bond acceptors (Lipinski definition) is 6. The summed E-state index contributed by atoms with van der Waals surface area (Å²) in [5, 5.41) is 1.73. The second-order valence-electron chi connectivity index (χ2n) is 7.55. The zero-order valence-electron chi connectivity index (χ0n) is 16.4. The predicted octanol–water partition coefficient (Wildman–Crippen LogP) is 4.87. The van der Waals surface area contributed by atoms with Crippen molar-refractivity contribution in [1.29, 1.82) is 0 Å². The lowest BCUT2D eigenvalue weighted by molar-refractivity contribution is -0.0341. The van der Waals surface area contributed by atoms with Crippen molar-refractivity contribution in [2.75, 3.05) is 12.3 Å². The summed E-state index contributed by atoms with van der Waals surface area (Å²) < 4.78 is 11.7. The fraction of sp³-hybridized carbons (Fsp3) is 0.550. The summed E-state index contributed by atoms with van der Waals surface area (Å²) in [5.41, 5.74) is 0.324. The normalized spacial score (nSPS) is 17.8. The van der Waals surface area contributed by atoms with Crippen LogP contribution in [0.2, 0.25) is 0 Å². The molecular weight excluding hydrogens is 362 g/mol. The van der Waals surface area contributed by atoms with Gasteiger partial charge in [-0.15, -0.1) is 0 Å². The molecule has 1 fully saturated rings. The van der Waals surface area contributed by atoms with Gasteiger partial charge in [0.1, 0.15) is 11.4 Å². The summed E-state index contributed by atoms with van der Waals surface area (Å²) >= 11 is 1.61. The molecule has 1 aliphatic rings. The number of aromatic nitrogens is 2. The average molecular weight is 390 g/mol. The van der Waals surface area contributed by atoms with E-state index in [0.717, 1.165) is 41.1 Å². The van der Waals surface area contributed by atoms with E-state index in [2.05, 4.69) is 16.9 Å². The van der Waals surface area contributed by atoms with Gasteiger partial charge in [0.15, 0.2) is 11.4 Å². The quantitative estimate of drug-likeness (QED) is 0.549. The number of amides is 1. The topological polar surface area (TPSA) is 64.5 Å². The number of carbonyl (C=O) groups is 1. The van der Waals surface area contributed by atoms with Gasteiger partial charge in [-0.3, -0.25) is 4.90 Å². The Morgan fingerprint density at radius 1 is 1.33 bits per heavy atom. The Bertz CT molecular complexity index is 807. The number of thioether (sulfide) groups is 1. The first-order valence-electron chi connectivity index (χ1n) is 9.41. The van der Waals surface area contributed by atoms with E-state index in [1.165, 1.54) is 0 Å². The minimum atomic E-state index is -0.522. The van der Waals surface area contributed by atoms with Crippen LogP contribution in [0.25, 0.3) is 10.9 Å². The van der Waals surface area contributed by atoms with E-state index in [-0.39, 0.29) is 12.3 Å². The Kier molecular flexibility index (Phi) is 6.09. The number of hydrogen-bond donors (Lipinski definition) is 0. The summed E-state index contributed by atoms with van der Waals surface area (Å²) in [7, 11) is 0. The zero-order valence-corrected chi connectivity index (χ0v) is 17.2. The van der Waals surface area contributed by atoms with Crippen LogP contribution in [0.4, 0.5) is 4.79 Å². The molecule has 2 aromatic rings. The van der Waals surface area contributed by atoms with Crippen molar-refractivity contribution in [3.8, 4) is 5.75 Å². The van der Waals surface area contributed by atoms with Gasteiger partial charge in [-0.25, -0.2) is 14.8 Å². The molecule has 1 atom stereocenters. The Labute approximate surface area is 164 Å². The Hall–Kier alpha value is -2.02. The van der Waals surface area contributed by atoms with Crippen molar-refractivity contribution < 1.29 is 14.3 Å². The van der Waals surface area contributed by atoms with Crippen LogP contribution in [0.1, 0.15) is 47.0 Å². The van der Waals surface area contributed by atoms with Crippen LogP contribution in [0.15, 0.2) is 29.6 Å². The van der Waals surface area contributed by atoms with Gasteiger partial charge in [-0.05, 0) is 51.5 Å². The highest BCUT2D eigenvalue weighted by atomic mass is 32.2. The van der Waals surface area contributed by atoms with Crippen LogP contribution >= 0.6 is 11.8 Å². The van der Waals surface area contributed by atoms with Gasteiger partial charge in [0.2, 0.25) is 0 Å². The van der Waals surface area contributed by atoms with E-state index in [4.69, 9.17) is 9.47 Å². The first-order chi connectivity index (χ1) is 12.9. The number of piperidine rings is 1. The van der Waals surface area contributed by atoms with E-state index in [0.29, 0.717) is 12.3 Å². The molecule has 6 nitrogen and oxygen atoms in total. The van der Waals surface area contributed by atoms with Crippen molar-refractivity contribution >= 4 is 28.8 Å². The van der Waals surface area contributed by atoms with E-state index in [1.807, 2.05) is 45.2 Å². The van der Waals surface area contributed by atoms with Gasteiger partial charge in [0.25, 0.3) is 0 Å². The van der Waals surface area contributed by atoms with Crippen molar-refractivity contribution in [2.24, 2.45) is 0 Å². The second-order valence-corrected chi connectivity index (χ2v) is 8.78.